The Kier molecular flexibility index (Phi) is 6.98. The minimum atomic E-state index is -3.47. The van der Waals surface area contributed by atoms with Crippen LogP contribution in [0, 0.1) is 0 Å². The predicted molar refractivity (Wildman–Crippen MR) is 108 cm³/mol. The number of hydrogen-bond acceptors (Lipinski definition) is 5. The van der Waals surface area contributed by atoms with Gasteiger partial charge in [-0.25, -0.2) is 8.42 Å². The Morgan fingerprint density at radius 3 is 2.21 bits per heavy atom. The van der Waals surface area contributed by atoms with Gasteiger partial charge in [-0.15, -0.1) is 0 Å². The van der Waals surface area contributed by atoms with Crippen LogP contribution >= 0.6 is 0 Å². The number of hydrogen-bond donors (Lipinski definition) is 0. The highest BCUT2D eigenvalue weighted by Crippen LogP contribution is 2.14. The number of carbonyl (C=O) groups excluding carboxylic acids is 2. The second-order valence-corrected chi connectivity index (χ2v) is 9.21. The van der Waals surface area contributed by atoms with Crippen LogP contribution in [0.4, 0.5) is 0 Å². The van der Waals surface area contributed by atoms with Crippen LogP contribution < -0.4 is 0 Å². The van der Waals surface area contributed by atoms with E-state index in [0.29, 0.717) is 45.4 Å². The number of likely N-dealkylation sites (tertiary alicyclic amines) is 1. The lowest BCUT2D eigenvalue weighted by atomic mass is 10.1. The van der Waals surface area contributed by atoms with Crippen molar-refractivity contribution in [1.82, 2.24) is 14.1 Å². The highest BCUT2D eigenvalue weighted by molar-refractivity contribution is 7.89. The van der Waals surface area contributed by atoms with Crippen molar-refractivity contribution in [2.75, 3.05) is 45.0 Å². The van der Waals surface area contributed by atoms with Crippen LogP contribution in [0.3, 0.4) is 0 Å². The van der Waals surface area contributed by atoms with Crippen molar-refractivity contribution in [2.24, 2.45) is 0 Å². The zero-order valence-electron chi connectivity index (χ0n) is 16.0. The summed E-state index contributed by atoms with van der Waals surface area (Å²) in [4.78, 5) is 27.0. The quantitative estimate of drug-likeness (QED) is 0.637. The zero-order valence-corrected chi connectivity index (χ0v) is 16.8. The Morgan fingerprint density at radius 2 is 1.57 bits per heavy atom. The van der Waals surface area contributed by atoms with Crippen LogP contribution in [-0.4, -0.2) is 79.4 Å². The van der Waals surface area contributed by atoms with Crippen molar-refractivity contribution in [1.29, 1.82) is 0 Å². The van der Waals surface area contributed by atoms with Gasteiger partial charge in [-0.3, -0.25) is 19.4 Å². The molecule has 2 aliphatic rings. The van der Waals surface area contributed by atoms with Crippen molar-refractivity contribution in [3.63, 3.8) is 0 Å². The summed E-state index contributed by atoms with van der Waals surface area (Å²) in [5.41, 5.74) is 1.14. The summed E-state index contributed by atoms with van der Waals surface area (Å²) in [5, 5.41) is 0. The van der Waals surface area contributed by atoms with Crippen LogP contribution in [0.25, 0.3) is 6.08 Å². The van der Waals surface area contributed by atoms with Gasteiger partial charge in [0.1, 0.15) is 0 Å². The van der Waals surface area contributed by atoms with Crippen LogP contribution in [0.15, 0.2) is 36.4 Å². The SMILES string of the molecule is O=C1CCCC(=O)N1CCS(=O)(=O)N1CCN(C/C=C/c2ccccc2)CC1. The molecular formula is C20H27N3O4S. The predicted octanol–water partition coefficient (Wildman–Crippen LogP) is 1.19. The molecule has 2 fully saturated rings. The van der Waals surface area contributed by atoms with Gasteiger partial charge in [-0.1, -0.05) is 42.5 Å². The second-order valence-electron chi connectivity index (χ2n) is 7.12. The lowest BCUT2D eigenvalue weighted by molar-refractivity contribution is -0.147. The van der Waals surface area contributed by atoms with Gasteiger partial charge >= 0.3 is 0 Å². The van der Waals surface area contributed by atoms with Crippen LogP contribution in [-0.2, 0) is 19.6 Å². The molecule has 7 nitrogen and oxygen atoms in total. The van der Waals surface area contributed by atoms with Crippen LogP contribution in [0.1, 0.15) is 24.8 Å². The topological polar surface area (TPSA) is 78.0 Å². The van der Waals surface area contributed by atoms with Gasteiger partial charge in [0, 0.05) is 52.1 Å². The highest BCUT2D eigenvalue weighted by atomic mass is 32.2. The number of benzene rings is 1. The number of piperidine rings is 1. The van der Waals surface area contributed by atoms with Crippen molar-refractivity contribution >= 4 is 27.9 Å². The Hall–Kier alpha value is -2.03. The normalized spacial score (nSPS) is 20.2. The number of rotatable bonds is 7. The minimum absolute atomic E-state index is 0.0416. The molecule has 28 heavy (non-hydrogen) atoms. The summed E-state index contributed by atoms with van der Waals surface area (Å²) in [6, 6.07) is 10.1. The first kappa shape index (κ1) is 20.7. The fourth-order valence-corrected chi connectivity index (χ4v) is 4.87. The molecule has 2 heterocycles. The van der Waals surface area contributed by atoms with Gasteiger partial charge < -0.3 is 0 Å². The van der Waals surface area contributed by atoms with Crippen molar-refractivity contribution in [3.05, 3.63) is 42.0 Å². The summed E-state index contributed by atoms with van der Waals surface area (Å²) in [5.74, 6) is -0.721. The number of sulfonamides is 1. The van der Waals surface area contributed by atoms with Gasteiger partial charge in [0.05, 0.1) is 5.75 Å². The van der Waals surface area contributed by atoms with E-state index in [1.54, 1.807) is 0 Å². The van der Waals surface area contributed by atoms with E-state index >= 15 is 0 Å². The van der Waals surface area contributed by atoms with E-state index in [2.05, 4.69) is 17.1 Å². The van der Waals surface area contributed by atoms with E-state index in [4.69, 9.17) is 0 Å². The van der Waals surface area contributed by atoms with Gasteiger partial charge in [-0.2, -0.15) is 4.31 Å². The maximum Gasteiger partial charge on any atom is 0.229 e. The maximum absolute atomic E-state index is 12.6. The molecule has 0 radical (unpaired) electrons. The summed E-state index contributed by atoms with van der Waals surface area (Å²) in [7, 11) is -3.47. The molecule has 2 saturated heterocycles. The molecule has 0 aliphatic carbocycles. The fourth-order valence-electron chi connectivity index (χ4n) is 3.48. The Bertz CT molecular complexity index is 799. The third kappa shape index (κ3) is 5.50. The number of piperazine rings is 1. The molecule has 0 saturated carbocycles. The van der Waals surface area contributed by atoms with E-state index in [1.807, 2.05) is 30.3 Å². The molecule has 2 aliphatic heterocycles. The first-order valence-corrected chi connectivity index (χ1v) is 11.3. The van der Waals surface area contributed by atoms with Gasteiger partial charge in [0.2, 0.25) is 21.8 Å². The van der Waals surface area contributed by atoms with Gasteiger partial charge in [0.25, 0.3) is 0 Å². The average molecular weight is 406 g/mol. The Balaban J connectivity index is 1.45. The Morgan fingerprint density at radius 1 is 0.929 bits per heavy atom. The molecule has 3 rings (SSSR count). The van der Waals surface area contributed by atoms with Crippen LogP contribution in [0.2, 0.25) is 0 Å². The smallest absolute Gasteiger partial charge is 0.229 e. The standard InChI is InChI=1S/C20H27N3O4S/c24-19-9-4-10-20(25)23(19)16-17-28(26,27)22-14-12-21(13-15-22)11-5-8-18-6-2-1-3-7-18/h1-3,5-8H,4,9-17H2/b8-5+. The van der Waals surface area contributed by atoms with E-state index in [9.17, 15) is 18.0 Å². The molecule has 2 amide bonds. The van der Waals surface area contributed by atoms with Crippen molar-refractivity contribution < 1.29 is 18.0 Å². The molecule has 0 unspecified atom stereocenters. The van der Waals surface area contributed by atoms with Crippen molar-refractivity contribution in [3.8, 4) is 0 Å². The monoisotopic (exact) mass is 405 g/mol. The highest BCUT2D eigenvalue weighted by Gasteiger charge is 2.30. The second kappa shape index (κ2) is 9.45. The molecular weight excluding hydrogens is 378 g/mol. The summed E-state index contributed by atoms with van der Waals surface area (Å²) >= 11 is 0. The fraction of sp³-hybridized carbons (Fsp3) is 0.500. The van der Waals surface area contributed by atoms with Gasteiger partial charge in [-0.05, 0) is 12.0 Å². The van der Waals surface area contributed by atoms with Crippen LogP contribution in [0.5, 0.6) is 0 Å². The molecule has 0 bridgehead atoms. The zero-order chi connectivity index (χ0) is 20.0. The average Bonchev–Trinajstić information content (AvgIpc) is 2.69. The molecule has 1 aromatic carbocycles. The molecule has 0 atom stereocenters. The number of nitrogens with zero attached hydrogens (tertiary/aromatic N) is 3. The molecule has 0 N–H and O–H groups in total. The summed E-state index contributed by atoms with van der Waals surface area (Å²) in [6.07, 6.45) is 5.35. The van der Waals surface area contributed by atoms with E-state index in [1.165, 1.54) is 4.31 Å². The van der Waals surface area contributed by atoms with E-state index in [-0.39, 0.29) is 24.1 Å². The Labute approximate surface area is 166 Å². The number of imide groups is 1. The lowest BCUT2D eigenvalue weighted by Crippen LogP contribution is -2.50. The molecule has 8 heteroatoms. The largest absolute Gasteiger partial charge is 0.297 e. The van der Waals surface area contributed by atoms with E-state index in [0.717, 1.165) is 17.0 Å². The minimum Gasteiger partial charge on any atom is -0.297 e. The van der Waals surface area contributed by atoms with E-state index < -0.39 is 10.0 Å². The van der Waals surface area contributed by atoms with Crippen molar-refractivity contribution in [2.45, 2.75) is 19.3 Å². The first-order valence-electron chi connectivity index (χ1n) is 9.71. The molecule has 0 spiro atoms. The number of carbonyl (C=O) groups is 2. The third-order valence-electron chi connectivity index (χ3n) is 5.15. The maximum atomic E-state index is 12.6. The van der Waals surface area contributed by atoms with Gasteiger partial charge in [0.15, 0.2) is 0 Å². The first-order chi connectivity index (χ1) is 13.5. The molecule has 1 aromatic rings. The summed E-state index contributed by atoms with van der Waals surface area (Å²) in [6.45, 7) is 2.94. The molecule has 152 valence electrons. The molecule has 0 aromatic heterocycles. The summed E-state index contributed by atoms with van der Waals surface area (Å²) < 4.78 is 26.7. The lowest BCUT2D eigenvalue weighted by Gasteiger charge is -2.34. The third-order valence-corrected chi connectivity index (χ3v) is 7.00. The number of amides is 2.